The molecular weight excluding hydrogens is 413 g/mol. The number of pyridine rings is 1. The van der Waals surface area contributed by atoms with Crippen molar-refractivity contribution in [3.8, 4) is 0 Å². The maximum atomic E-state index is 13.3. The lowest BCUT2D eigenvalue weighted by molar-refractivity contribution is -0.687. The van der Waals surface area contributed by atoms with Crippen LogP contribution in [0, 0.1) is 6.92 Å². The first-order valence-electron chi connectivity index (χ1n) is 10.6. The normalized spacial score (nSPS) is 16.4. The van der Waals surface area contributed by atoms with Gasteiger partial charge in [-0.25, -0.2) is 4.57 Å². The second kappa shape index (κ2) is 7.62. The highest BCUT2D eigenvalue weighted by molar-refractivity contribution is 6.02. The third-order valence-electron chi connectivity index (χ3n) is 6.27. The minimum atomic E-state index is -4.47. The highest BCUT2D eigenvalue weighted by atomic mass is 19.4. The average molecular weight is 435 g/mol. The predicted octanol–water partition coefficient (Wildman–Crippen LogP) is 5.67. The van der Waals surface area contributed by atoms with E-state index in [0.29, 0.717) is 18.4 Å². The summed E-state index contributed by atoms with van der Waals surface area (Å²) in [6.07, 6.45) is 2.66. The van der Waals surface area contributed by atoms with Crippen LogP contribution in [-0.2, 0) is 19.1 Å². The number of aromatic nitrogens is 2. The molecule has 0 bridgehead atoms. The van der Waals surface area contributed by atoms with Crippen LogP contribution >= 0.6 is 0 Å². The first-order valence-corrected chi connectivity index (χ1v) is 10.6. The van der Waals surface area contributed by atoms with Crippen LogP contribution in [0.2, 0.25) is 0 Å². The minimum absolute atomic E-state index is 0.186. The second-order valence-corrected chi connectivity index (χ2v) is 8.41. The molecule has 0 N–H and O–H groups in total. The average Bonchev–Trinajstić information content (AvgIpc) is 3.10. The Morgan fingerprint density at radius 3 is 2.62 bits per heavy atom. The summed E-state index contributed by atoms with van der Waals surface area (Å²) >= 11 is 0. The molecule has 1 atom stereocenters. The van der Waals surface area contributed by atoms with Gasteiger partial charge in [0.25, 0.3) is 0 Å². The van der Waals surface area contributed by atoms with Crippen LogP contribution in [0.5, 0.6) is 0 Å². The molecule has 0 aliphatic heterocycles. The van der Waals surface area contributed by atoms with Gasteiger partial charge in [-0.05, 0) is 43.0 Å². The second-order valence-electron chi connectivity index (χ2n) is 8.41. The summed E-state index contributed by atoms with van der Waals surface area (Å²) in [6, 6.07) is 15.1. The number of nitrogens with zero attached hydrogens (tertiary/aromatic N) is 2. The number of hydrogen-bond acceptors (Lipinski definition) is 1. The number of rotatable bonds is 3. The van der Waals surface area contributed by atoms with E-state index in [-0.39, 0.29) is 11.3 Å². The van der Waals surface area contributed by atoms with E-state index in [2.05, 4.69) is 22.9 Å². The molecule has 0 spiro atoms. The van der Waals surface area contributed by atoms with E-state index < -0.39 is 17.8 Å². The zero-order valence-electron chi connectivity index (χ0n) is 17.6. The van der Waals surface area contributed by atoms with Gasteiger partial charge in [0.05, 0.1) is 22.5 Å². The standard InChI is InChI=1S/C26H22F3N2O/c1-17-14-31(23-11-12-30(16-22(17)23)15-18-5-3-2-4-6-18)24-10-8-19-7-9-20(26(27,28)29)13-21(19)25(24)32/h2-7,9,11-14,16,24H,8,10,15H2,1H3/q+1. The molecule has 3 nitrogen and oxygen atoms in total. The van der Waals surface area contributed by atoms with Crippen LogP contribution in [-0.4, -0.2) is 10.4 Å². The molecule has 32 heavy (non-hydrogen) atoms. The van der Waals surface area contributed by atoms with Gasteiger partial charge in [-0.3, -0.25) is 4.79 Å². The summed E-state index contributed by atoms with van der Waals surface area (Å²) in [6.45, 7) is 2.73. The molecule has 1 aliphatic carbocycles. The molecule has 2 aromatic heterocycles. The highest BCUT2D eigenvalue weighted by Gasteiger charge is 2.35. The first-order chi connectivity index (χ1) is 15.3. The molecule has 6 heteroatoms. The SMILES string of the molecule is Cc1cn(C2CCc3ccc(C(F)(F)F)cc3C2=O)c2cc[n+](Cc3ccccc3)cc12. The Hall–Kier alpha value is -3.41. The molecule has 2 aromatic carbocycles. The number of aryl methyl sites for hydroxylation is 2. The molecule has 5 rings (SSSR count). The summed E-state index contributed by atoms with van der Waals surface area (Å²) < 4.78 is 43.6. The van der Waals surface area contributed by atoms with Crippen molar-refractivity contribution in [3.05, 3.63) is 101 Å². The van der Waals surface area contributed by atoms with E-state index in [1.54, 1.807) is 0 Å². The highest BCUT2D eigenvalue weighted by Crippen LogP contribution is 2.36. The molecule has 0 saturated heterocycles. The summed E-state index contributed by atoms with van der Waals surface area (Å²) in [5.74, 6) is -0.254. The summed E-state index contributed by atoms with van der Waals surface area (Å²) in [4.78, 5) is 13.3. The maximum absolute atomic E-state index is 13.3. The van der Waals surface area contributed by atoms with Crippen LogP contribution < -0.4 is 4.57 Å². The number of halogens is 3. The van der Waals surface area contributed by atoms with E-state index in [0.717, 1.165) is 35.1 Å². The minimum Gasteiger partial charge on any atom is -0.336 e. The van der Waals surface area contributed by atoms with Crippen molar-refractivity contribution in [2.45, 2.75) is 38.5 Å². The molecule has 0 saturated carbocycles. The molecule has 4 aromatic rings. The monoisotopic (exact) mass is 435 g/mol. The Kier molecular flexibility index (Phi) is 4.88. The number of benzene rings is 2. The lowest BCUT2D eigenvalue weighted by Crippen LogP contribution is -2.33. The summed E-state index contributed by atoms with van der Waals surface area (Å²) in [5, 5.41) is 1.03. The number of carbonyl (C=O) groups excluding carboxylic acids is 1. The largest absolute Gasteiger partial charge is 0.416 e. The fourth-order valence-electron chi connectivity index (χ4n) is 4.63. The van der Waals surface area contributed by atoms with E-state index in [1.165, 1.54) is 11.6 Å². The van der Waals surface area contributed by atoms with Crippen molar-refractivity contribution >= 4 is 16.7 Å². The zero-order chi connectivity index (χ0) is 22.5. The Bertz CT molecular complexity index is 1320. The van der Waals surface area contributed by atoms with Crippen molar-refractivity contribution in [2.75, 3.05) is 0 Å². The number of Topliss-reactive ketones (excluding diaryl/α,β-unsaturated/α-hetero) is 1. The summed E-state index contributed by atoms with van der Waals surface area (Å²) in [7, 11) is 0. The maximum Gasteiger partial charge on any atom is 0.416 e. The van der Waals surface area contributed by atoms with Crippen molar-refractivity contribution in [3.63, 3.8) is 0 Å². The van der Waals surface area contributed by atoms with Crippen LogP contribution in [0.3, 0.4) is 0 Å². The molecule has 1 unspecified atom stereocenters. The van der Waals surface area contributed by atoms with Crippen molar-refractivity contribution < 1.29 is 22.5 Å². The number of alkyl halides is 3. The molecule has 0 amide bonds. The van der Waals surface area contributed by atoms with Gasteiger partial charge >= 0.3 is 6.18 Å². The van der Waals surface area contributed by atoms with Crippen LogP contribution in [0.15, 0.2) is 73.2 Å². The molecule has 162 valence electrons. The van der Waals surface area contributed by atoms with Gasteiger partial charge in [0.15, 0.2) is 24.7 Å². The molecular formula is C26H22F3N2O+. The lowest BCUT2D eigenvalue weighted by atomic mass is 9.86. The Morgan fingerprint density at radius 1 is 1.09 bits per heavy atom. The Morgan fingerprint density at radius 2 is 1.88 bits per heavy atom. The number of ketones is 1. The fraction of sp³-hybridized carbons (Fsp3) is 0.231. The quantitative estimate of drug-likeness (QED) is 0.381. The molecule has 1 aliphatic rings. The van der Waals surface area contributed by atoms with Gasteiger partial charge in [-0.1, -0.05) is 36.4 Å². The Balaban J connectivity index is 1.51. The number of fused-ring (bicyclic) bond motifs is 2. The molecule has 2 heterocycles. The molecule has 0 radical (unpaired) electrons. The third kappa shape index (κ3) is 3.60. The smallest absolute Gasteiger partial charge is 0.336 e. The van der Waals surface area contributed by atoms with Gasteiger partial charge < -0.3 is 4.57 Å². The van der Waals surface area contributed by atoms with Gasteiger partial charge in [-0.15, -0.1) is 0 Å². The van der Waals surface area contributed by atoms with Gasteiger partial charge in [0.1, 0.15) is 0 Å². The topological polar surface area (TPSA) is 25.9 Å². The third-order valence-corrected chi connectivity index (χ3v) is 6.27. The van der Waals surface area contributed by atoms with Gasteiger partial charge in [0, 0.05) is 23.4 Å². The summed E-state index contributed by atoms with van der Waals surface area (Å²) in [5.41, 5.74) is 3.23. The Labute approximate surface area is 183 Å². The van der Waals surface area contributed by atoms with E-state index >= 15 is 0 Å². The lowest BCUT2D eigenvalue weighted by Gasteiger charge is -2.26. The number of carbonyl (C=O) groups is 1. The van der Waals surface area contributed by atoms with Crippen LogP contribution in [0.4, 0.5) is 13.2 Å². The van der Waals surface area contributed by atoms with Crippen molar-refractivity contribution in [1.82, 2.24) is 4.57 Å². The molecule has 0 fully saturated rings. The van der Waals surface area contributed by atoms with E-state index in [9.17, 15) is 18.0 Å². The fourth-order valence-corrected chi connectivity index (χ4v) is 4.63. The van der Waals surface area contributed by atoms with E-state index in [1.807, 2.05) is 48.1 Å². The van der Waals surface area contributed by atoms with Gasteiger partial charge in [0.2, 0.25) is 0 Å². The first kappa shape index (κ1) is 20.5. The predicted molar refractivity (Wildman–Crippen MR) is 116 cm³/mol. The number of hydrogen-bond donors (Lipinski definition) is 0. The van der Waals surface area contributed by atoms with Gasteiger partial charge in [-0.2, -0.15) is 13.2 Å². The van der Waals surface area contributed by atoms with Crippen LogP contribution in [0.25, 0.3) is 10.9 Å². The van der Waals surface area contributed by atoms with Crippen molar-refractivity contribution in [2.24, 2.45) is 0 Å². The van der Waals surface area contributed by atoms with Crippen molar-refractivity contribution in [1.29, 1.82) is 0 Å². The van der Waals surface area contributed by atoms with E-state index in [4.69, 9.17) is 0 Å². The van der Waals surface area contributed by atoms with Crippen LogP contribution in [0.1, 0.15) is 45.1 Å². The zero-order valence-corrected chi connectivity index (χ0v) is 17.6.